The first kappa shape index (κ1) is 31.7. The van der Waals surface area contributed by atoms with Crippen LogP contribution in [0.15, 0.2) is 93.7 Å². The second kappa shape index (κ2) is 12.9. The van der Waals surface area contributed by atoms with E-state index >= 15 is 0 Å². The summed E-state index contributed by atoms with van der Waals surface area (Å²) >= 11 is 7.78. The highest BCUT2D eigenvalue weighted by Gasteiger charge is 2.35. The van der Waals surface area contributed by atoms with E-state index in [2.05, 4.69) is 15.6 Å². The van der Waals surface area contributed by atoms with Crippen molar-refractivity contribution >= 4 is 91.5 Å². The molecule has 2 N–H and O–H groups in total. The lowest BCUT2D eigenvalue weighted by atomic mass is 10.0. The molecule has 4 aromatic carbocycles. The van der Waals surface area contributed by atoms with Gasteiger partial charge in [0.25, 0.3) is 23.4 Å². The lowest BCUT2D eigenvalue weighted by Crippen LogP contribution is -2.54. The van der Waals surface area contributed by atoms with Crippen LogP contribution in [0.4, 0.5) is 17.1 Å². The van der Waals surface area contributed by atoms with Gasteiger partial charge in [-0.15, -0.1) is 11.3 Å². The van der Waals surface area contributed by atoms with Crippen LogP contribution in [0.1, 0.15) is 32.6 Å². The van der Waals surface area contributed by atoms with Crippen molar-refractivity contribution < 1.29 is 19.3 Å². The number of carbonyl (C=O) groups is 3. The number of anilines is 2. The van der Waals surface area contributed by atoms with Crippen LogP contribution >= 0.6 is 35.3 Å². The summed E-state index contributed by atoms with van der Waals surface area (Å²) in [6.07, 6.45) is 1.32. The van der Waals surface area contributed by atoms with Crippen LogP contribution in [0.25, 0.3) is 16.3 Å². The molecule has 0 unspecified atom stereocenters. The number of amides is 3. The van der Waals surface area contributed by atoms with E-state index in [1.807, 2.05) is 51.1 Å². The molecule has 6 rings (SSSR count). The number of fused-ring (bicyclic) bond motifs is 1. The van der Waals surface area contributed by atoms with Crippen molar-refractivity contribution in [3.05, 3.63) is 122 Å². The predicted octanol–water partition coefficient (Wildman–Crippen LogP) is 7.36. The second-order valence-corrected chi connectivity index (χ2v) is 13.5. The molecule has 0 radical (unpaired) electrons. The zero-order valence-corrected chi connectivity index (χ0v) is 27.6. The minimum atomic E-state index is -0.689. The second-order valence-electron chi connectivity index (χ2n) is 10.8. The number of hydrogen-bond donors (Lipinski definition) is 2. The number of thiazole rings is 1. The average Bonchev–Trinajstić information content (AvgIpc) is 3.42. The number of nitrogens with one attached hydrogen (secondary N) is 2. The molecule has 1 fully saturated rings. The molecule has 0 saturated carbocycles. The standard InChI is InChI=1S/C34H25N5O5S3/c1-18-4-8-22(9-5-18)30(40)35-23-10-11-25-29(17-23)47-34(36-25)46-28-13-7-21(16-27(28)39(43)44)15-24-31(41)37-33(45)38(32(24)42)26-12-6-19(2)14-20(26)3/h4-17H,1-3H3,(H,35,40)(H,37,41,45)/b24-15+. The number of thiocarbonyl (C=S) groups is 1. The third kappa shape index (κ3) is 6.68. The van der Waals surface area contributed by atoms with Crippen LogP contribution < -0.4 is 15.5 Å². The van der Waals surface area contributed by atoms with Crippen molar-refractivity contribution in [3.8, 4) is 0 Å². The van der Waals surface area contributed by atoms with Gasteiger partial charge in [-0.1, -0.05) is 53.2 Å². The van der Waals surface area contributed by atoms with E-state index in [9.17, 15) is 24.5 Å². The van der Waals surface area contributed by atoms with Gasteiger partial charge >= 0.3 is 0 Å². The summed E-state index contributed by atoms with van der Waals surface area (Å²) in [6, 6.07) is 22.6. The van der Waals surface area contributed by atoms with Crippen molar-refractivity contribution in [1.29, 1.82) is 0 Å². The summed E-state index contributed by atoms with van der Waals surface area (Å²) in [6.45, 7) is 5.72. The smallest absolute Gasteiger partial charge is 0.283 e. The van der Waals surface area contributed by atoms with E-state index in [4.69, 9.17) is 12.2 Å². The molecule has 0 spiro atoms. The number of aryl methyl sites for hydroxylation is 3. The van der Waals surface area contributed by atoms with Crippen molar-refractivity contribution in [1.82, 2.24) is 10.3 Å². The van der Waals surface area contributed by atoms with Gasteiger partial charge < -0.3 is 5.32 Å². The van der Waals surface area contributed by atoms with E-state index in [1.54, 1.807) is 42.5 Å². The first-order valence-corrected chi connectivity index (χ1v) is 16.2. The zero-order valence-electron chi connectivity index (χ0n) is 25.2. The minimum absolute atomic E-state index is 0.0431. The Labute approximate surface area is 282 Å². The van der Waals surface area contributed by atoms with Crippen molar-refractivity contribution in [3.63, 3.8) is 0 Å². The molecule has 10 nitrogen and oxygen atoms in total. The molecule has 1 aliphatic heterocycles. The molecule has 1 saturated heterocycles. The summed E-state index contributed by atoms with van der Waals surface area (Å²) < 4.78 is 1.36. The Balaban J connectivity index is 1.24. The van der Waals surface area contributed by atoms with E-state index in [0.29, 0.717) is 37.3 Å². The fourth-order valence-electron chi connectivity index (χ4n) is 4.98. The van der Waals surface area contributed by atoms with Gasteiger partial charge in [0.2, 0.25) is 0 Å². The Bertz CT molecular complexity index is 2180. The quantitative estimate of drug-likeness (QED) is 0.0599. The zero-order chi connectivity index (χ0) is 33.4. The summed E-state index contributed by atoms with van der Waals surface area (Å²) in [5.74, 6) is -1.55. The maximum Gasteiger partial charge on any atom is 0.283 e. The summed E-state index contributed by atoms with van der Waals surface area (Å²) in [5, 5.41) is 17.5. The molecule has 2 heterocycles. The molecular weight excluding hydrogens is 655 g/mol. The highest BCUT2D eigenvalue weighted by atomic mass is 32.2. The third-order valence-electron chi connectivity index (χ3n) is 7.32. The molecule has 234 valence electrons. The van der Waals surface area contributed by atoms with E-state index in [-0.39, 0.29) is 22.3 Å². The molecular formula is C34H25N5O5S3. The van der Waals surface area contributed by atoms with Crippen LogP contribution in [0.3, 0.4) is 0 Å². The molecule has 47 heavy (non-hydrogen) atoms. The number of nitrogens with zero attached hydrogens (tertiary/aromatic N) is 3. The van der Waals surface area contributed by atoms with Gasteiger partial charge in [0, 0.05) is 17.3 Å². The van der Waals surface area contributed by atoms with Crippen molar-refractivity contribution in [2.45, 2.75) is 30.0 Å². The highest BCUT2D eigenvalue weighted by molar-refractivity contribution is 8.01. The monoisotopic (exact) mass is 679 g/mol. The van der Waals surface area contributed by atoms with Gasteiger partial charge in [-0.25, -0.2) is 4.98 Å². The number of benzene rings is 4. The predicted molar refractivity (Wildman–Crippen MR) is 188 cm³/mol. The molecule has 0 aliphatic carbocycles. The first-order chi connectivity index (χ1) is 22.5. The maximum atomic E-state index is 13.5. The number of aromatic nitrogens is 1. The molecule has 1 aromatic heterocycles. The molecule has 0 atom stereocenters. The first-order valence-electron chi connectivity index (χ1n) is 14.2. The van der Waals surface area contributed by atoms with Crippen molar-refractivity contribution in [2.24, 2.45) is 0 Å². The molecule has 1 aliphatic rings. The van der Waals surface area contributed by atoms with Gasteiger partial charge in [-0.2, -0.15) is 0 Å². The van der Waals surface area contributed by atoms with Gasteiger partial charge in [-0.05, 0) is 92.7 Å². The normalized spacial score (nSPS) is 14.1. The van der Waals surface area contributed by atoms with Crippen LogP contribution in [0, 0.1) is 30.9 Å². The molecule has 13 heteroatoms. The number of nitro benzene ring substituents is 1. The number of carbonyl (C=O) groups excluding carboxylic acids is 3. The Kier molecular flexibility index (Phi) is 8.69. The number of rotatable bonds is 7. The van der Waals surface area contributed by atoms with Crippen molar-refractivity contribution in [2.75, 3.05) is 10.2 Å². The van der Waals surface area contributed by atoms with Gasteiger partial charge in [0.05, 0.1) is 25.7 Å². The van der Waals surface area contributed by atoms with Crippen LogP contribution in [0.5, 0.6) is 0 Å². The van der Waals surface area contributed by atoms with E-state index < -0.39 is 16.7 Å². The Hall–Kier alpha value is -5.24. The number of nitro groups is 1. The Morgan fingerprint density at radius 2 is 1.74 bits per heavy atom. The lowest BCUT2D eigenvalue weighted by Gasteiger charge is -2.30. The average molecular weight is 680 g/mol. The third-order valence-corrected chi connectivity index (χ3v) is 9.75. The van der Waals surface area contributed by atoms with E-state index in [1.165, 1.54) is 28.4 Å². The van der Waals surface area contributed by atoms with Crippen LogP contribution in [-0.2, 0) is 9.59 Å². The number of hydrogen-bond acceptors (Lipinski definition) is 9. The Morgan fingerprint density at radius 1 is 1.00 bits per heavy atom. The molecule has 5 aromatic rings. The fraction of sp³-hybridized carbons (Fsp3) is 0.0882. The van der Waals surface area contributed by atoms with Crippen LogP contribution in [0.2, 0.25) is 0 Å². The Morgan fingerprint density at radius 3 is 2.47 bits per heavy atom. The SMILES string of the molecule is Cc1ccc(C(=O)Nc2ccc3nc(Sc4ccc(/C=C5\C(=O)NC(=S)N(c6ccc(C)cc6C)C5=O)cc4[N+](=O)[O-])sc3c2)cc1. The summed E-state index contributed by atoms with van der Waals surface area (Å²) in [5.41, 5.74) is 5.10. The topological polar surface area (TPSA) is 135 Å². The summed E-state index contributed by atoms with van der Waals surface area (Å²) in [7, 11) is 0. The maximum absolute atomic E-state index is 13.5. The van der Waals surface area contributed by atoms with Gasteiger partial charge in [0.15, 0.2) is 9.45 Å². The van der Waals surface area contributed by atoms with E-state index in [0.717, 1.165) is 33.2 Å². The molecule has 3 amide bonds. The van der Waals surface area contributed by atoms with Crippen LogP contribution in [-0.4, -0.2) is 32.7 Å². The highest BCUT2D eigenvalue weighted by Crippen LogP contribution is 2.40. The largest absolute Gasteiger partial charge is 0.322 e. The van der Waals surface area contributed by atoms with Gasteiger partial charge in [-0.3, -0.25) is 34.7 Å². The minimum Gasteiger partial charge on any atom is -0.322 e. The fourth-order valence-corrected chi connectivity index (χ4v) is 7.40. The lowest BCUT2D eigenvalue weighted by molar-refractivity contribution is -0.387. The summed E-state index contributed by atoms with van der Waals surface area (Å²) in [4.78, 5) is 56.8. The van der Waals surface area contributed by atoms with Gasteiger partial charge in [0.1, 0.15) is 5.57 Å². The molecule has 0 bridgehead atoms.